The van der Waals surface area contributed by atoms with E-state index in [4.69, 9.17) is 9.47 Å². The molecule has 1 amide bonds. The van der Waals surface area contributed by atoms with Crippen molar-refractivity contribution in [1.82, 2.24) is 5.43 Å². The van der Waals surface area contributed by atoms with Crippen LogP contribution in [0.15, 0.2) is 71.1 Å². The summed E-state index contributed by atoms with van der Waals surface area (Å²) in [5, 5.41) is 5.80. The van der Waals surface area contributed by atoms with E-state index >= 15 is 0 Å². The number of thiophene rings is 1. The molecule has 0 radical (unpaired) electrons. The van der Waals surface area contributed by atoms with Crippen molar-refractivity contribution in [2.24, 2.45) is 5.10 Å². The molecule has 1 aromatic heterocycles. The Morgan fingerprint density at radius 3 is 2.62 bits per heavy atom. The highest BCUT2D eigenvalue weighted by Gasteiger charge is 2.14. The Bertz CT molecular complexity index is 985. The maximum atomic E-state index is 12.2. The van der Waals surface area contributed by atoms with E-state index in [9.17, 15) is 9.59 Å². The Kier molecular flexibility index (Phi) is 7.13. The molecule has 0 aliphatic rings. The summed E-state index contributed by atoms with van der Waals surface area (Å²) in [6.45, 7) is 2.26. The number of hydrogen-bond acceptors (Lipinski definition) is 6. The summed E-state index contributed by atoms with van der Waals surface area (Å²) in [5.41, 5.74) is 4.11. The maximum absolute atomic E-state index is 12.2. The predicted octanol–water partition coefficient (Wildman–Crippen LogP) is 4.06. The zero-order valence-electron chi connectivity index (χ0n) is 15.8. The highest BCUT2D eigenvalue weighted by atomic mass is 32.1. The lowest BCUT2D eigenvalue weighted by atomic mass is 10.1. The van der Waals surface area contributed by atoms with Crippen molar-refractivity contribution < 1.29 is 19.1 Å². The summed E-state index contributed by atoms with van der Waals surface area (Å²) in [7, 11) is 0. The van der Waals surface area contributed by atoms with E-state index in [-0.39, 0.29) is 12.3 Å². The molecule has 0 bridgehead atoms. The fraction of sp³-hybridized carbons (Fsp3) is 0.136. The van der Waals surface area contributed by atoms with Gasteiger partial charge in [0.2, 0.25) is 5.91 Å². The summed E-state index contributed by atoms with van der Waals surface area (Å²) in [6.07, 6.45) is 1.76. The Morgan fingerprint density at radius 2 is 1.90 bits per heavy atom. The third-order valence-electron chi connectivity index (χ3n) is 3.80. The van der Waals surface area contributed by atoms with Gasteiger partial charge in [-0.1, -0.05) is 36.4 Å². The molecule has 0 spiro atoms. The average Bonchev–Trinajstić information content (AvgIpc) is 3.26. The van der Waals surface area contributed by atoms with Crippen LogP contribution in [0.3, 0.4) is 0 Å². The van der Waals surface area contributed by atoms with E-state index in [2.05, 4.69) is 10.5 Å². The largest absolute Gasteiger partial charge is 0.490 e. The van der Waals surface area contributed by atoms with Gasteiger partial charge in [-0.25, -0.2) is 10.2 Å². The summed E-state index contributed by atoms with van der Waals surface area (Å²) < 4.78 is 11.0. The van der Waals surface area contributed by atoms with Gasteiger partial charge in [-0.2, -0.15) is 5.10 Å². The van der Waals surface area contributed by atoms with Crippen LogP contribution in [0, 0.1) is 0 Å². The highest BCUT2D eigenvalue weighted by molar-refractivity contribution is 7.12. The minimum atomic E-state index is -0.435. The molecule has 2 aromatic carbocycles. The smallest absolute Gasteiger partial charge is 0.353 e. The summed E-state index contributed by atoms with van der Waals surface area (Å²) in [5.74, 6) is 0.113. The zero-order valence-corrected chi connectivity index (χ0v) is 16.6. The van der Waals surface area contributed by atoms with Crippen molar-refractivity contribution in [2.75, 3.05) is 6.61 Å². The molecule has 0 unspecified atom stereocenters. The fourth-order valence-corrected chi connectivity index (χ4v) is 3.10. The van der Waals surface area contributed by atoms with Crippen molar-refractivity contribution >= 4 is 29.4 Å². The minimum absolute atomic E-state index is 0.209. The first kappa shape index (κ1) is 20.3. The molecular formula is C22H20N2O4S. The molecule has 6 nitrogen and oxygen atoms in total. The van der Waals surface area contributed by atoms with Crippen molar-refractivity contribution in [1.29, 1.82) is 0 Å². The van der Waals surface area contributed by atoms with Gasteiger partial charge in [0.1, 0.15) is 4.88 Å². The number of nitrogens with one attached hydrogen (secondary N) is 1. The lowest BCUT2D eigenvalue weighted by Crippen LogP contribution is -2.19. The monoisotopic (exact) mass is 408 g/mol. The number of ether oxygens (including phenoxy) is 2. The second kappa shape index (κ2) is 10.2. The Labute approximate surface area is 172 Å². The van der Waals surface area contributed by atoms with Crippen molar-refractivity contribution in [3.8, 4) is 11.5 Å². The molecule has 0 aliphatic heterocycles. The van der Waals surface area contributed by atoms with Gasteiger partial charge in [-0.3, -0.25) is 4.79 Å². The van der Waals surface area contributed by atoms with Gasteiger partial charge in [0.15, 0.2) is 11.5 Å². The molecule has 1 N–H and O–H groups in total. The number of rotatable bonds is 8. The number of nitrogens with zero attached hydrogens (tertiary/aromatic N) is 1. The Hall–Kier alpha value is -3.45. The van der Waals surface area contributed by atoms with Crippen LogP contribution in [0.5, 0.6) is 11.5 Å². The van der Waals surface area contributed by atoms with Gasteiger partial charge in [0.25, 0.3) is 0 Å². The van der Waals surface area contributed by atoms with Crippen molar-refractivity contribution in [3.05, 3.63) is 82.0 Å². The number of amides is 1. The molecule has 29 heavy (non-hydrogen) atoms. The quantitative estimate of drug-likeness (QED) is 0.264. The van der Waals surface area contributed by atoms with E-state index in [1.165, 1.54) is 17.6 Å². The Balaban J connectivity index is 1.63. The van der Waals surface area contributed by atoms with Crippen LogP contribution in [-0.4, -0.2) is 24.7 Å². The van der Waals surface area contributed by atoms with E-state index in [1.807, 2.05) is 42.6 Å². The first-order valence-corrected chi connectivity index (χ1v) is 9.92. The lowest BCUT2D eigenvalue weighted by Gasteiger charge is -2.10. The zero-order chi connectivity index (χ0) is 20.5. The first-order chi connectivity index (χ1) is 14.2. The van der Waals surface area contributed by atoms with Crippen LogP contribution in [0.1, 0.15) is 27.7 Å². The van der Waals surface area contributed by atoms with Gasteiger partial charge in [0.05, 0.1) is 19.2 Å². The standard InChI is InChI=1S/C22H20N2O4S/c1-2-27-19-13-17(10-11-18(19)28-22(26)20-9-6-12-29-20)15-23-24-21(25)14-16-7-4-3-5-8-16/h3-13,15H,2,14H2,1H3,(H,24,25)/b23-15-. The lowest BCUT2D eigenvalue weighted by molar-refractivity contribution is -0.120. The average molecular weight is 408 g/mol. The third kappa shape index (κ3) is 6.02. The van der Waals surface area contributed by atoms with Crippen molar-refractivity contribution in [3.63, 3.8) is 0 Å². The van der Waals surface area contributed by atoms with Gasteiger partial charge in [-0.15, -0.1) is 11.3 Å². The van der Waals surface area contributed by atoms with Crippen LogP contribution < -0.4 is 14.9 Å². The molecule has 148 valence electrons. The highest BCUT2D eigenvalue weighted by Crippen LogP contribution is 2.29. The Morgan fingerprint density at radius 1 is 1.07 bits per heavy atom. The molecular weight excluding hydrogens is 388 g/mol. The molecule has 7 heteroatoms. The molecule has 0 atom stereocenters. The molecule has 3 rings (SSSR count). The third-order valence-corrected chi connectivity index (χ3v) is 4.65. The van der Waals surface area contributed by atoms with Gasteiger partial charge >= 0.3 is 5.97 Å². The number of esters is 1. The second-order valence-corrected chi connectivity index (χ2v) is 6.91. The van der Waals surface area contributed by atoms with Crippen LogP contribution in [0.2, 0.25) is 0 Å². The normalized spacial score (nSPS) is 10.7. The fourth-order valence-electron chi connectivity index (χ4n) is 2.50. The van der Waals surface area contributed by atoms with Crippen LogP contribution >= 0.6 is 11.3 Å². The van der Waals surface area contributed by atoms with Crippen LogP contribution in [-0.2, 0) is 11.2 Å². The molecule has 3 aromatic rings. The predicted molar refractivity (Wildman–Crippen MR) is 113 cm³/mol. The van der Waals surface area contributed by atoms with Gasteiger partial charge < -0.3 is 9.47 Å². The van der Waals surface area contributed by atoms with Crippen molar-refractivity contribution in [2.45, 2.75) is 13.3 Å². The van der Waals surface area contributed by atoms with Crippen LogP contribution in [0.4, 0.5) is 0 Å². The molecule has 0 saturated carbocycles. The van der Waals surface area contributed by atoms with Gasteiger partial charge in [-0.05, 0) is 47.7 Å². The second-order valence-electron chi connectivity index (χ2n) is 5.96. The number of hydrazone groups is 1. The molecule has 0 aliphatic carbocycles. The number of benzene rings is 2. The number of carbonyl (C=O) groups is 2. The summed E-state index contributed by atoms with van der Waals surface area (Å²) >= 11 is 1.31. The van der Waals surface area contributed by atoms with E-state index in [1.54, 1.807) is 30.3 Å². The molecule has 1 heterocycles. The number of carbonyl (C=O) groups excluding carboxylic acids is 2. The van der Waals surface area contributed by atoms with Crippen LogP contribution in [0.25, 0.3) is 0 Å². The van der Waals surface area contributed by atoms with E-state index < -0.39 is 5.97 Å². The topological polar surface area (TPSA) is 77.0 Å². The van der Waals surface area contributed by atoms with Gasteiger partial charge in [0, 0.05) is 0 Å². The molecule has 0 fully saturated rings. The van der Waals surface area contributed by atoms with E-state index in [0.29, 0.717) is 28.5 Å². The minimum Gasteiger partial charge on any atom is -0.490 e. The first-order valence-electron chi connectivity index (χ1n) is 9.04. The molecule has 0 saturated heterocycles. The SMILES string of the molecule is CCOc1cc(/C=N\NC(=O)Cc2ccccc2)ccc1OC(=O)c1cccs1. The summed E-state index contributed by atoms with van der Waals surface area (Å²) in [6, 6.07) is 18.0. The number of hydrogen-bond donors (Lipinski definition) is 1. The van der Waals surface area contributed by atoms with E-state index in [0.717, 1.165) is 5.56 Å². The summed E-state index contributed by atoms with van der Waals surface area (Å²) in [4.78, 5) is 24.6. The maximum Gasteiger partial charge on any atom is 0.353 e.